The predicted octanol–water partition coefficient (Wildman–Crippen LogP) is 2.61. The Labute approximate surface area is 165 Å². The van der Waals surface area contributed by atoms with Gasteiger partial charge in [0.15, 0.2) is 11.5 Å². The SMILES string of the molecule is CCN(CC)C1=N[C@@](C(=O)OC)(C(F)(F)F)N=C(c2ccc(OC)c(OC)c2)O1. The fourth-order valence-electron chi connectivity index (χ4n) is 2.64. The van der Waals surface area contributed by atoms with Crippen molar-refractivity contribution in [1.29, 1.82) is 0 Å². The highest BCUT2D eigenvalue weighted by molar-refractivity contribution is 6.05. The van der Waals surface area contributed by atoms with E-state index >= 15 is 0 Å². The Kier molecular flexibility index (Phi) is 6.60. The van der Waals surface area contributed by atoms with Crippen molar-refractivity contribution in [1.82, 2.24) is 4.90 Å². The van der Waals surface area contributed by atoms with E-state index in [0.717, 1.165) is 7.11 Å². The zero-order chi connectivity index (χ0) is 21.8. The molecule has 1 aromatic rings. The number of carbonyl (C=O) groups excluding carboxylic acids is 1. The molecular formula is C18H22F3N3O5. The number of hydrogen-bond donors (Lipinski definition) is 0. The molecule has 0 saturated carbocycles. The molecule has 0 N–H and O–H groups in total. The number of amidine groups is 1. The highest BCUT2D eigenvalue weighted by atomic mass is 19.4. The lowest BCUT2D eigenvalue weighted by atomic mass is 10.1. The second-order valence-corrected chi connectivity index (χ2v) is 5.82. The van der Waals surface area contributed by atoms with E-state index in [0.29, 0.717) is 18.8 Å². The van der Waals surface area contributed by atoms with E-state index < -0.39 is 29.7 Å². The monoisotopic (exact) mass is 417 g/mol. The van der Waals surface area contributed by atoms with Crippen LogP contribution in [0.3, 0.4) is 0 Å². The Morgan fingerprint density at radius 3 is 2.21 bits per heavy atom. The molecule has 1 atom stereocenters. The molecule has 1 heterocycles. The van der Waals surface area contributed by atoms with E-state index in [1.807, 2.05) is 0 Å². The lowest BCUT2D eigenvalue weighted by Gasteiger charge is -2.33. The summed E-state index contributed by atoms with van der Waals surface area (Å²) in [4.78, 5) is 20.7. The number of rotatable bonds is 6. The van der Waals surface area contributed by atoms with E-state index in [4.69, 9.17) is 14.2 Å². The van der Waals surface area contributed by atoms with Crippen LogP contribution in [0.2, 0.25) is 0 Å². The first-order valence-corrected chi connectivity index (χ1v) is 8.67. The van der Waals surface area contributed by atoms with Crippen molar-refractivity contribution >= 4 is 17.9 Å². The van der Waals surface area contributed by atoms with Gasteiger partial charge in [-0.1, -0.05) is 0 Å². The molecule has 11 heteroatoms. The first-order chi connectivity index (χ1) is 13.7. The van der Waals surface area contributed by atoms with Crippen molar-refractivity contribution < 1.29 is 36.9 Å². The average molecular weight is 417 g/mol. The number of carbonyl (C=O) groups is 1. The summed E-state index contributed by atoms with van der Waals surface area (Å²) in [6.45, 7) is 4.02. The lowest BCUT2D eigenvalue weighted by Crippen LogP contribution is -2.54. The highest BCUT2D eigenvalue weighted by Crippen LogP contribution is 2.39. The quantitative estimate of drug-likeness (QED) is 0.662. The molecule has 0 spiro atoms. The molecule has 1 aliphatic heterocycles. The summed E-state index contributed by atoms with van der Waals surface area (Å²) in [5, 5.41) is 0. The zero-order valence-corrected chi connectivity index (χ0v) is 16.7. The number of hydrogen-bond acceptors (Lipinski definition) is 8. The summed E-state index contributed by atoms with van der Waals surface area (Å²) in [5.74, 6) is -1.51. The number of aliphatic imine (C=N–C) groups is 2. The van der Waals surface area contributed by atoms with Gasteiger partial charge in [0.2, 0.25) is 5.90 Å². The van der Waals surface area contributed by atoms with Crippen molar-refractivity contribution in [2.45, 2.75) is 25.7 Å². The number of alkyl halides is 3. The summed E-state index contributed by atoms with van der Waals surface area (Å²) in [5.41, 5.74) is -3.35. The molecule has 8 nitrogen and oxygen atoms in total. The number of methoxy groups -OCH3 is 3. The van der Waals surface area contributed by atoms with Crippen molar-refractivity contribution in [3.63, 3.8) is 0 Å². The van der Waals surface area contributed by atoms with E-state index in [2.05, 4.69) is 14.7 Å². The minimum Gasteiger partial charge on any atom is -0.493 e. The average Bonchev–Trinajstić information content (AvgIpc) is 2.72. The van der Waals surface area contributed by atoms with Crippen LogP contribution in [0.4, 0.5) is 13.2 Å². The topological polar surface area (TPSA) is 82.0 Å². The van der Waals surface area contributed by atoms with Crippen LogP contribution in [0, 0.1) is 0 Å². The number of ether oxygens (including phenoxy) is 4. The third-order valence-electron chi connectivity index (χ3n) is 4.24. The molecule has 0 saturated heterocycles. The van der Waals surface area contributed by atoms with Gasteiger partial charge in [0.1, 0.15) is 0 Å². The predicted molar refractivity (Wildman–Crippen MR) is 98.3 cm³/mol. The molecule has 0 fully saturated rings. The van der Waals surface area contributed by atoms with Crippen molar-refractivity contribution in [2.75, 3.05) is 34.4 Å². The van der Waals surface area contributed by atoms with Gasteiger partial charge in [-0.3, -0.25) is 0 Å². The molecule has 2 rings (SSSR count). The van der Waals surface area contributed by atoms with Gasteiger partial charge < -0.3 is 23.8 Å². The summed E-state index contributed by atoms with van der Waals surface area (Å²) >= 11 is 0. The van der Waals surface area contributed by atoms with Crippen molar-refractivity contribution in [3.05, 3.63) is 23.8 Å². The van der Waals surface area contributed by atoms with Gasteiger partial charge in [-0.15, -0.1) is 0 Å². The second-order valence-electron chi connectivity index (χ2n) is 5.82. The van der Waals surface area contributed by atoms with Crippen LogP contribution in [0.5, 0.6) is 11.5 Å². The number of benzene rings is 1. The third kappa shape index (κ3) is 4.08. The van der Waals surface area contributed by atoms with Gasteiger partial charge in [-0.2, -0.15) is 23.2 Å². The minimum atomic E-state index is -5.16. The molecule has 0 bridgehead atoms. The first kappa shape index (κ1) is 22.3. The Morgan fingerprint density at radius 1 is 1.10 bits per heavy atom. The maximum atomic E-state index is 14.0. The van der Waals surface area contributed by atoms with Crippen LogP contribution in [0.1, 0.15) is 19.4 Å². The second kappa shape index (κ2) is 8.58. The summed E-state index contributed by atoms with van der Waals surface area (Å²) in [6.07, 6.45) is -5.16. The van der Waals surface area contributed by atoms with Crippen LogP contribution < -0.4 is 9.47 Å². The van der Waals surface area contributed by atoms with Crippen LogP contribution in [-0.4, -0.2) is 69.0 Å². The Morgan fingerprint density at radius 2 is 1.72 bits per heavy atom. The summed E-state index contributed by atoms with van der Waals surface area (Å²) in [7, 11) is 3.63. The molecule has 1 aliphatic rings. The molecule has 1 aromatic carbocycles. The number of halogens is 3. The third-order valence-corrected chi connectivity index (χ3v) is 4.24. The van der Waals surface area contributed by atoms with Crippen LogP contribution in [0.15, 0.2) is 28.2 Å². The summed E-state index contributed by atoms with van der Waals surface area (Å²) < 4.78 is 62.3. The lowest BCUT2D eigenvalue weighted by molar-refractivity contribution is -0.202. The van der Waals surface area contributed by atoms with Gasteiger partial charge in [0, 0.05) is 18.7 Å². The minimum absolute atomic E-state index is 0.139. The fourth-order valence-corrected chi connectivity index (χ4v) is 2.64. The van der Waals surface area contributed by atoms with Gasteiger partial charge in [-0.25, -0.2) is 4.79 Å². The van der Waals surface area contributed by atoms with Crippen LogP contribution in [0.25, 0.3) is 0 Å². The normalized spacial score (nSPS) is 18.9. The standard InChI is InChI=1S/C18H22F3N3O5/c1-6-24(7-2)16-23-17(15(25)28-5,18(19,20)21)22-14(29-16)11-8-9-12(26-3)13(10-11)27-4/h8-10H,6-7H2,1-5H3/t17-/m0/s1. The van der Waals surface area contributed by atoms with Crippen LogP contribution >= 0.6 is 0 Å². The van der Waals surface area contributed by atoms with Crippen LogP contribution in [-0.2, 0) is 14.3 Å². The van der Waals surface area contributed by atoms with Gasteiger partial charge in [0.25, 0.3) is 6.02 Å². The van der Waals surface area contributed by atoms with Gasteiger partial charge in [-0.05, 0) is 32.0 Å². The maximum absolute atomic E-state index is 14.0. The Hall–Kier alpha value is -2.98. The molecule has 0 aliphatic carbocycles. The molecule has 160 valence electrons. The Balaban J connectivity index is 2.72. The van der Waals surface area contributed by atoms with Gasteiger partial charge >= 0.3 is 17.8 Å². The van der Waals surface area contributed by atoms with E-state index in [1.54, 1.807) is 13.8 Å². The fraction of sp³-hybridized carbons (Fsp3) is 0.500. The van der Waals surface area contributed by atoms with E-state index in [1.165, 1.54) is 37.3 Å². The maximum Gasteiger partial charge on any atom is 0.446 e. The smallest absolute Gasteiger partial charge is 0.446 e. The number of nitrogens with zero attached hydrogens (tertiary/aromatic N) is 3. The Bertz CT molecular complexity index is 821. The first-order valence-electron chi connectivity index (χ1n) is 8.67. The molecule has 0 radical (unpaired) electrons. The zero-order valence-electron chi connectivity index (χ0n) is 16.7. The molecule has 0 aromatic heterocycles. The highest BCUT2D eigenvalue weighted by Gasteiger charge is 2.65. The van der Waals surface area contributed by atoms with Crippen molar-refractivity contribution in [2.24, 2.45) is 9.98 Å². The molecule has 0 amide bonds. The van der Waals surface area contributed by atoms with E-state index in [-0.39, 0.29) is 11.3 Å². The largest absolute Gasteiger partial charge is 0.493 e. The van der Waals surface area contributed by atoms with Crippen molar-refractivity contribution in [3.8, 4) is 11.5 Å². The molecule has 29 heavy (non-hydrogen) atoms. The van der Waals surface area contributed by atoms with Gasteiger partial charge in [0.05, 0.1) is 21.3 Å². The van der Waals surface area contributed by atoms with E-state index in [9.17, 15) is 18.0 Å². The summed E-state index contributed by atoms with van der Waals surface area (Å²) in [6, 6.07) is 3.92. The number of esters is 1. The molecular weight excluding hydrogens is 395 g/mol. The molecule has 0 unspecified atom stereocenters.